The lowest BCUT2D eigenvalue weighted by atomic mass is 10.2. The molecule has 0 unspecified atom stereocenters. The summed E-state index contributed by atoms with van der Waals surface area (Å²) in [5.74, 6) is -0.448. The number of hydrogen-bond donors (Lipinski definition) is 0. The van der Waals surface area contributed by atoms with Gasteiger partial charge in [-0.15, -0.1) is 0 Å². The number of aromatic nitrogens is 1. The van der Waals surface area contributed by atoms with Gasteiger partial charge in [0.05, 0.1) is 36.2 Å². The lowest BCUT2D eigenvalue weighted by Crippen LogP contribution is -2.56. The van der Waals surface area contributed by atoms with Crippen LogP contribution in [0.4, 0.5) is 4.39 Å². The number of pyridine rings is 1. The first-order valence-electron chi connectivity index (χ1n) is 7.89. The molecule has 0 radical (unpaired) electrons. The Kier molecular flexibility index (Phi) is 5.06. The molecule has 3 rings (SSSR count). The third kappa shape index (κ3) is 3.61. The molecule has 1 aliphatic heterocycles. The molecule has 0 aliphatic carbocycles. The summed E-state index contributed by atoms with van der Waals surface area (Å²) in [5.41, 5.74) is 0.406. The van der Waals surface area contributed by atoms with Crippen LogP contribution >= 0.6 is 0 Å². The van der Waals surface area contributed by atoms with E-state index in [4.69, 9.17) is 14.7 Å². The molecule has 1 aromatic heterocycles. The molecule has 2 aromatic rings. The second-order valence-corrected chi connectivity index (χ2v) is 7.52. The van der Waals surface area contributed by atoms with E-state index in [2.05, 4.69) is 4.98 Å². The molecule has 0 saturated carbocycles. The van der Waals surface area contributed by atoms with Crippen LogP contribution in [0.15, 0.2) is 41.4 Å². The molecule has 1 aromatic carbocycles. The van der Waals surface area contributed by atoms with Gasteiger partial charge in [-0.1, -0.05) is 0 Å². The fourth-order valence-electron chi connectivity index (χ4n) is 2.45. The predicted octanol–water partition coefficient (Wildman–Crippen LogP) is 1.94. The number of ether oxygens (including phenoxy) is 2. The van der Waals surface area contributed by atoms with Crippen molar-refractivity contribution in [3.63, 3.8) is 0 Å². The third-order valence-electron chi connectivity index (χ3n) is 3.81. The number of hydrogen-bond acceptors (Lipinski definition) is 6. The summed E-state index contributed by atoms with van der Waals surface area (Å²) in [4.78, 5) is 3.85. The number of nitrogens with zero attached hydrogens (tertiary/aromatic N) is 3. The summed E-state index contributed by atoms with van der Waals surface area (Å²) < 4.78 is 50.8. The molecule has 0 atom stereocenters. The van der Waals surface area contributed by atoms with Crippen molar-refractivity contribution < 1.29 is 22.3 Å². The highest BCUT2D eigenvalue weighted by atomic mass is 32.2. The molecule has 0 bridgehead atoms. The molecule has 2 heterocycles. The highest BCUT2D eigenvalue weighted by Gasteiger charge is 2.38. The van der Waals surface area contributed by atoms with Crippen LogP contribution in [0.1, 0.15) is 12.5 Å². The van der Waals surface area contributed by atoms with Crippen molar-refractivity contribution in [1.82, 2.24) is 9.29 Å². The van der Waals surface area contributed by atoms with Crippen molar-refractivity contribution >= 4 is 10.0 Å². The van der Waals surface area contributed by atoms with Crippen molar-refractivity contribution in [1.29, 1.82) is 5.26 Å². The first-order valence-corrected chi connectivity index (χ1v) is 9.33. The average Bonchev–Trinajstić information content (AvgIpc) is 2.59. The van der Waals surface area contributed by atoms with Gasteiger partial charge in [-0.2, -0.15) is 9.57 Å². The van der Waals surface area contributed by atoms with Crippen molar-refractivity contribution in [2.45, 2.75) is 17.9 Å². The summed E-state index contributed by atoms with van der Waals surface area (Å²) in [7, 11) is -3.81. The van der Waals surface area contributed by atoms with Crippen molar-refractivity contribution in [2.24, 2.45) is 0 Å². The van der Waals surface area contributed by atoms with E-state index >= 15 is 0 Å². The Labute approximate surface area is 150 Å². The monoisotopic (exact) mass is 377 g/mol. The first kappa shape index (κ1) is 18.1. The minimum absolute atomic E-state index is 0.0136. The largest absolute Gasteiger partial charge is 0.491 e. The molecule has 1 aliphatic rings. The van der Waals surface area contributed by atoms with Crippen molar-refractivity contribution in [3.05, 3.63) is 47.9 Å². The van der Waals surface area contributed by atoms with Crippen LogP contribution in [0.3, 0.4) is 0 Å². The van der Waals surface area contributed by atoms with Crippen LogP contribution in [0.2, 0.25) is 0 Å². The highest BCUT2D eigenvalue weighted by molar-refractivity contribution is 7.89. The van der Waals surface area contributed by atoms with Gasteiger partial charge in [0.1, 0.15) is 6.10 Å². The Morgan fingerprint density at radius 2 is 2.12 bits per heavy atom. The smallest absolute Gasteiger partial charge is 0.243 e. The van der Waals surface area contributed by atoms with Crippen LogP contribution in [0.25, 0.3) is 0 Å². The maximum Gasteiger partial charge on any atom is 0.243 e. The summed E-state index contributed by atoms with van der Waals surface area (Å²) in [6, 6.07) is 8.58. The Bertz CT molecular complexity index is 953. The topological polar surface area (TPSA) is 92.5 Å². The third-order valence-corrected chi connectivity index (χ3v) is 5.63. The molecule has 0 N–H and O–H groups in total. The normalized spacial score (nSPS) is 15.1. The summed E-state index contributed by atoms with van der Waals surface area (Å²) in [5, 5.41) is 8.86. The quantitative estimate of drug-likeness (QED) is 0.764. The molecule has 9 heteroatoms. The number of halogens is 1. The van der Waals surface area contributed by atoms with Gasteiger partial charge in [0.15, 0.2) is 11.6 Å². The zero-order chi connectivity index (χ0) is 18.7. The van der Waals surface area contributed by atoms with Crippen LogP contribution in [-0.4, -0.2) is 43.5 Å². The summed E-state index contributed by atoms with van der Waals surface area (Å²) in [6.45, 7) is 2.24. The molecule has 1 fully saturated rings. The van der Waals surface area contributed by atoms with Gasteiger partial charge in [-0.25, -0.2) is 17.8 Å². The minimum Gasteiger partial charge on any atom is -0.491 e. The van der Waals surface area contributed by atoms with Gasteiger partial charge >= 0.3 is 0 Å². The Hall–Kier alpha value is -2.70. The number of benzene rings is 1. The van der Waals surface area contributed by atoms with Crippen LogP contribution < -0.4 is 9.47 Å². The zero-order valence-electron chi connectivity index (χ0n) is 13.9. The Morgan fingerprint density at radius 1 is 1.35 bits per heavy atom. The SMILES string of the molecule is CCOc1ccc(S(=O)(=O)N2CC(Oc3cc(C#N)ccn3)C2)cc1F. The van der Waals surface area contributed by atoms with E-state index in [1.807, 2.05) is 6.07 Å². The lowest BCUT2D eigenvalue weighted by molar-refractivity contribution is 0.0720. The minimum atomic E-state index is -3.81. The van der Waals surface area contributed by atoms with E-state index in [-0.39, 0.29) is 42.3 Å². The van der Waals surface area contributed by atoms with E-state index in [9.17, 15) is 12.8 Å². The van der Waals surface area contributed by atoms with Gasteiger partial charge in [-0.3, -0.25) is 0 Å². The van der Waals surface area contributed by atoms with E-state index in [0.717, 1.165) is 6.07 Å². The Balaban J connectivity index is 1.66. The van der Waals surface area contributed by atoms with Gasteiger partial charge in [-0.05, 0) is 31.2 Å². The maximum absolute atomic E-state index is 13.9. The number of sulfonamides is 1. The summed E-state index contributed by atoms with van der Waals surface area (Å²) in [6.07, 6.45) is 1.07. The fourth-order valence-corrected chi connectivity index (χ4v) is 3.96. The molecule has 7 nitrogen and oxygen atoms in total. The maximum atomic E-state index is 13.9. The van der Waals surface area contributed by atoms with Crippen molar-refractivity contribution in [3.8, 4) is 17.7 Å². The van der Waals surface area contributed by atoms with Crippen LogP contribution in [0, 0.1) is 17.1 Å². The van der Waals surface area contributed by atoms with Gasteiger partial charge in [0.25, 0.3) is 0 Å². The van der Waals surface area contributed by atoms with Crippen molar-refractivity contribution in [2.75, 3.05) is 19.7 Å². The molecule has 1 saturated heterocycles. The molecular weight excluding hydrogens is 361 g/mol. The van der Waals surface area contributed by atoms with E-state index in [0.29, 0.717) is 5.56 Å². The average molecular weight is 377 g/mol. The zero-order valence-corrected chi connectivity index (χ0v) is 14.7. The second-order valence-electron chi connectivity index (χ2n) is 5.58. The molecule has 136 valence electrons. The van der Waals surface area contributed by atoms with E-state index < -0.39 is 15.8 Å². The molecular formula is C17H16FN3O4S. The van der Waals surface area contributed by atoms with Gasteiger partial charge < -0.3 is 9.47 Å². The van der Waals surface area contributed by atoms with Gasteiger partial charge in [0.2, 0.25) is 15.9 Å². The predicted molar refractivity (Wildman–Crippen MR) is 89.7 cm³/mol. The van der Waals surface area contributed by atoms with Gasteiger partial charge in [0, 0.05) is 12.3 Å². The van der Waals surface area contributed by atoms with Crippen LogP contribution in [0.5, 0.6) is 11.6 Å². The first-order chi connectivity index (χ1) is 12.4. The van der Waals surface area contributed by atoms with Crippen LogP contribution in [-0.2, 0) is 10.0 Å². The molecule has 0 spiro atoms. The van der Waals surface area contributed by atoms with E-state index in [1.165, 1.54) is 28.7 Å². The second kappa shape index (κ2) is 7.27. The standard InChI is InChI=1S/C17H16FN3O4S/c1-2-24-16-4-3-14(8-15(16)18)26(22,23)21-10-13(11-21)25-17-7-12(9-19)5-6-20-17/h3-8,13H,2,10-11H2,1H3. The lowest BCUT2D eigenvalue weighted by Gasteiger charge is -2.37. The molecule has 0 amide bonds. The highest BCUT2D eigenvalue weighted by Crippen LogP contribution is 2.27. The fraction of sp³-hybridized carbons (Fsp3) is 0.294. The van der Waals surface area contributed by atoms with E-state index in [1.54, 1.807) is 13.0 Å². The summed E-state index contributed by atoms with van der Waals surface area (Å²) >= 11 is 0. The number of nitriles is 1. The Morgan fingerprint density at radius 3 is 2.77 bits per heavy atom. The molecule has 26 heavy (non-hydrogen) atoms. The number of rotatable bonds is 6.